The summed E-state index contributed by atoms with van der Waals surface area (Å²) in [4.78, 5) is 21.1. The molecule has 3 saturated carbocycles. The molecular weight excluding hydrogens is 398 g/mol. The summed E-state index contributed by atoms with van der Waals surface area (Å²) in [6.45, 7) is 2.31. The van der Waals surface area contributed by atoms with E-state index in [1.165, 1.54) is 31.7 Å². The molecule has 158 valence electrons. The van der Waals surface area contributed by atoms with E-state index < -0.39 is 11.6 Å². The standard InChI is InChI=1S/C23H22F2N6/c1-11-12-2-4-13(5-3-12)18(11)29-23-20-22(27-7-6-26-20)30-21(31-23)16-10-28-19-15(16)8-14(24)9-17(19)25/h6-13,18,28H,2-5H2,1H3,(H,27,29,30,31). The zero-order valence-electron chi connectivity index (χ0n) is 17.1. The highest BCUT2D eigenvalue weighted by Gasteiger charge is 2.41. The van der Waals surface area contributed by atoms with Gasteiger partial charge >= 0.3 is 0 Å². The Balaban J connectivity index is 1.49. The number of hydrogen-bond acceptors (Lipinski definition) is 5. The molecule has 4 aromatic rings. The number of anilines is 1. The maximum Gasteiger partial charge on any atom is 0.184 e. The summed E-state index contributed by atoms with van der Waals surface area (Å²) in [5.41, 5.74) is 1.82. The van der Waals surface area contributed by atoms with Gasteiger partial charge in [-0.2, -0.15) is 0 Å². The Labute approximate surface area is 177 Å². The van der Waals surface area contributed by atoms with Gasteiger partial charge in [0.05, 0.1) is 5.52 Å². The van der Waals surface area contributed by atoms with Gasteiger partial charge in [0.1, 0.15) is 17.2 Å². The van der Waals surface area contributed by atoms with Crippen LogP contribution >= 0.6 is 0 Å². The van der Waals surface area contributed by atoms with Gasteiger partial charge in [-0.25, -0.2) is 28.7 Å². The van der Waals surface area contributed by atoms with Crippen molar-refractivity contribution >= 4 is 27.9 Å². The van der Waals surface area contributed by atoms with Gasteiger partial charge in [0.15, 0.2) is 17.3 Å². The van der Waals surface area contributed by atoms with E-state index in [-0.39, 0.29) is 5.52 Å². The van der Waals surface area contributed by atoms with Crippen LogP contribution in [0.3, 0.4) is 0 Å². The van der Waals surface area contributed by atoms with Crippen molar-refractivity contribution in [3.05, 3.63) is 42.4 Å². The summed E-state index contributed by atoms with van der Waals surface area (Å²) < 4.78 is 28.1. The van der Waals surface area contributed by atoms with Crippen LogP contribution in [0.1, 0.15) is 32.6 Å². The Kier molecular flexibility index (Phi) is 4.16. The predicted octanol–water partition coefficient (Wildman–Crippen LogP) is 5.08. The van der Waals surface area contributed by atoms with E-state index in [9.17, 15) is 8.78 Å². The molecular formula is C23H22F2N6. The molecule has 3 heterocycles. The Morgan fingerprint density at radius 1 is 1.00 bits per heavy atom. The Morgan fingerprint density at radius 2 is 1.77 bits per heavy atom. The molecule has 2 unspecified atom stereocenters. The summed E-state index contributed by atoms with van der Waals surface area (Å²) >= 11 is 0. The van der Waals surface area contributed by atoms with Crippen LogP contribution in [0.5, 0.6) is 0 Å². The number of aromatic nitrogens is 5. The molecule has 8 heteroatoms. The molecule has 2 atom stereocenters. The van der Waals surface area contributed by atoms with Crippen molar-refractivity contribution in [2.75, 3.05) is 5.32 Å². The Hall–Kier alpha value is -3.16. The molecule has 0 saturated heterocycles. The van der Waals surface area contributed by atoms with E-state index in [1.54, 1.807) is 18.6 Å². The van der Waals surface area contributed by atoms with E-state index in [0.29, 0.717) is 51.6 Å². The van der Waals surface area contributed by atoms with Gasteiger partial charge < -0.3 is 10.3 Å². The van der Waals surface area contributed by atoms with Gasteiger partial charge in [0.25, 0.3) is 0 Å². The second kappa shape index (κ2) is 6.93. The third kappa shape index (κ3) is 2.96. The van der Waals surface area contributed by atoms with Crippen molar-refractivity contribution in [3.63, 3.8) is 0 Å². The highest BCUT2D eigenvalue weighted by atomic mass is 19.1. The Morgan fingerprint density at radius 3 is 2.58 bits per heavy atom. The van der Waals surface area contributed by atoms with Gasteiger partial charge in [0.2, 0.25) is 0 Å². The van der Waals surface area contributed by atoms with Crippen LogP contribution in [0.4, 0.5) is 14.6 Å². The number of hydrogen-bond donors (Lipinski definition) is 2. The molecule has 2 bridgehead atoms. The number of rotatable bonds is 3. The molecule has 0 spiro atoms. The van der Waals surface area contributed by atoms with E-state index in [0.717, 1.165) is 12.0 Å². The summed E-state index contributed by atoms with van der Waals surface area (Å²) in [5, 5.41) is 4.07. The van der Waals surface area contributed by atoms with Crippen LogP contribution in [-0.4, -0.2) is 31.0 Å². The van der Waals surface area contributed by atoms with E-state index in [1.807, 2.05) is 0 Å². The molecule has 1 aromatic carbocycles. The first-order valence-corrected chi connectivity index (χ1v) is 10.8. The summed E-state index contributed by atoms with van der Waals surface area (Å²) in [6.07, 6.45) is 9.88. The van der Waals surface area contributed by atoms with Gasteiger partial charge in [-0.3, -0.25) is 0 Å². The van der Waals surface area contributed by atoms with Crippen LogP contribution in [0.15, 0.2) is 30.7 Å². The largest absolute Gasteiger partial charge is 0.365 e. The number of fused-ring (bicyclic) bond motifs is 5. The third-order valence-electron chi connectivity index (χ3n) is 7.22. The SMILES string of the molecule is CC1C2CCC(CC2)C1Nc1nc(-c2c[nH]c3c(F)cc(F)cc23)nc2nccnc12. The third-order valence-corrected chi connectivity index (χ3v) is 7.22. The maximum atomic E-state index is 14.2. The normalized spacial score (nSPS) is 25.4. The summed E-state index contributed by atoms with van der Waals surface area (Å²) in [7, 11) is 0. The molecule has 3 aromatic heterocycles. The molecule has 6 nitrogen and oxygen atoms in total. The van der Waals surface area contributed by atoms with Crippen LogP contribution in [0.25, 0.3) is 33.5 Å². The van der Waals surface area contributed by atoms with Gasteiger partial charge in [-0.15, -0.1) is 0 Å². The fourth-order valence-corrected chi connectivity index (χ4v) is 5.58. The van der Waals surface area contributed by atoms with Crippen molar-refractivity contribution < 1.29 is 8.78 Å². The first-order chi connectivity index (χ1) is 15.1. The molecule has 0 amide bonds. The molecule has 3 fully saturated rings. The zero-order chi connectivity index (χ0) is 21.1. The minimum absolute atomic E-state index is 0.229. The second-order valence-corrected chi connectivity index (χ2v) is 8.84. The number of halogens is 2. The average Bonchev–Trinajstić information content (AvgIpc) is 3.20. The lowest BCUT2D eigenvalue weighted by Crippen LogP contribution is -2.47. The van der Waals surface area contributed by atoms with Crippen molar-refractivity contribution in [2.45, 2.75) is 38.6 Å². The van der Waals surface area contributed by atoms with Crippen molar-refractivity contribution in [1.82, 2.24) is 24.9 Å². The average molecular weight is 420 g/mol. The first-order valence-electron chi connectivity index (χ1n) is 10.8. The van der Waals surface area contributed by atoms with Gasteiger partial charge in [-0.1, -0.05) is 6.92 Å². The molecule has 3 aliphatic carbocycles. The fraction of sp³-hybridized carbons (Fsp3) is 0.391. The smallest absolute Gasteiger partial charge is 0.184 e. The lowest BCUT2D eigenvalue weighted by atomic mass is 9.62. The lowest BCUT2D eigenvalue weighted by molar-refractivity contribution is 0.0928. The Bertz CT molecular complexity index is 1290. The molecule has 31 heavy (non-hydrogen) atoms. The fourth-order valence-electron chi connectivity index (χ4n) is 5.58. The van der Waals surface area contributed by atoms with Crippen molar-refractivity contribution in [1.29, 1.82) is 0 Å². The number of aromatic amines is 1. The summed E-state index contributed by atoms with van der Waals surface area (Å²) in [6, 6.07) is 2.48. The zero-order valence-corrected chi connectivity index (χ0v) is 17.1. The lowest BCUT2D eigenvalue weighted by Gasteiger charge is -2.47. The predicted molar refractivity (Wildman–Crippen MR) is 114 cm³/mol. The van der Waals surface area contributed by atoms with Crippen LogP contribution in [0.2, 0.25) is 0 Å². The van der Waals surface area contributed by atoms with Crippen molar-refractivity contribution in [2.24, 2.45) is 17.8 Å². The van der Waals surface area contributed by atoms with Gasteiger partial charge in [0, 0.05) is 41.6 Å². The molecule has 2 N–H and O–H groups in total. The molecule has 0 aliphatic heterocycles. The van der Waals surface area contributed by atoms with E-state index >= 15 is 0 Å². The number of benzene rings is 1. The minimum atomic E-state index is -0.646. The van der Waals surface area contributed by atoms with E-state index in [2.05, 4.69) is 32.2 Å². The molecule has 0 radical (unpaired) electrons. The quantitative estimate of drug-likeness (QED) is 0.483. The van der Waals surface area contributed by atoms with Crippen LogP contribution in [-0.2, 0) is 0 Å². The van der Waals surface area contributed by atoms with Crippen molar-refractivity contribution in [3.8, 4) is 11.4 Å². The minimum Gasteiger partial charge on any atom is -0.365 e. The molecule has 3 aliphatic rings. The highest BCUT2D eigenvalue weighted by molar-refractivity contribution is 5.95. The summed E-state index contributed by atoms with van der Waals surface area (Å²) in [5.74, 6) is 1.60. The van der Waals surface area contributed by atoms with Crippen LogP contribution < -0.4 is 5.32 Å². The van der Waals surface area contributed by atoms with Crippen LogP contribution in [0, 0.1) is 29.4 Å². The monoisotopic (exact) mass is 420 g/mol. The van der Waals surface area contributed by atoms with Gasteiger partial charge in [-0.05, 0) is 49.5 Å². The highest BCUT2D eigenvalue weighted by Crippen LogP contribution is 2.46. The first kappa shape index (κ1) is 18.6. The number of nitrogens with zero attached hydrogens (tertiary/aromatic N) is 4. The molecule has 7 rings (SSSR count). The maximum absolute atomic E-state index is 14.2. The number of nitrogens with one attached hydrogen (secondary N) is 2. The topological polar surface area (TPSA) is 79.4 Å². The second-order valence-electron chi connectivity index (χ2n) is 8.84. The number of H-pyrrole nitrogens is 1. The van der Waals surface area contributed by atoms with E-state index in [4.69, 9.17) is 4.98 Å².